The van der Waals surface area contributed by atoms with E-state index in [1.54, 1.807) is 7.05 Å². The molecule has 0 bridgehead atoms. The van der Waals surface area contributed by atoms with E-state index in [1.807, 2.05) is 28.0 Å². The maximum absolute atomic E-state index is 12.8. The highest BCUT2D eigenvalue weighted by atomic mass is 16.2. The second kappa shape index (κ2) is 7.89. The average molecular weight is 343 g/mol. The minimum atomic E-state index is -0.0145. The monoisotopic (exact) mass is 343 g/mol. The number of urea groups is 1. The first-order valence-corrected chi connectivity index (χ1v) is 9.44. The molecule has 0 saturated carbocycles. The van der Waals surface area contributed by atoms with E-state index in [4.69, 9.17) is 0 Å². The van der Waals surface area contributed by atoms with Gasteiger partial charge in [0.1, 0.15) is 0 Å². The molecule has 1 N–H and O–H groups in total. The molecule has 1 unspecified atom stereocenters. The molecule has 2 fully saturated rings. The van der Waals surface area contributed by atoms with E-state index in [9.17, 15) is 9.59 Å². The molecule has 136 valence electrons. The lowest BCUT2D eigenvalue weighted by molar-refractivity contribution is 0.0697. The average Bonchev–Trinajstić information content (AvgIpc) is 2.67. The molecule has 1 atom stereocenters. The predicted octanol–water partition coefficient (Wildman–Crippen LogP) is 3.08. The van der Waals surface area contributed by atoms with Gasteiger partial charge in [-0.25, -0.2) is 4.79 Å². The van der Waals surface area contributed by atoms with Gasteiger partial charge in [-0.3, -0.25) is 4.79 Å². The van der Waals surface area contributed by atoms with Crippen LogP contribution in [-0.2, 0) is 0 Å². The molecule has 3 amide bonds. The van der Waals surface area contributed by atoms with Crippen LogP contribution in [0.5, 0.6) is 0 Å². The molecule has 5 heteroatoms. The molecular weight excluding hydrogens is 314 g/mol. The predicted molar refractivity (Wildman–Crippen MR) is 98.7 cm³/mol. The van der Waals surface area contributed by atoms with Crippen LogP contribution in [-0.4, -0.2) is 55.0 Å². The van der Waals surface area contributed by atoms with Crippen LogP contribution >= 0.6 is 0 Å². The van der Waals surface area contributed by atoms with Crippen molar-refractivity contribution in [2.75, 3.05) is 33.2 Å². The molecule has 2 aliphatic rings. The summed E-state index contributed by atoms with van der Waals surface area (Å²) in [4.78, 5) is 28.6. The summed E-state index contributed by atoms with van der Waals surface area (Å²) in [6.45, 7) is 5.50. The SMILES string of the molecule is CNC(=O)N1CCCC(c2cccc(C(=O)N3CCC(C)CC3)c2)C1. The van der Waals surface area contributed by atoms with E-state index in [-0.39, 0.29) is 11.9 Å². The summed E-state index contributed by atoms with van der Waals surface area (Å²) in [7, 11) is 1.67. The number of carbonyl (C=O) groups is 2. The maximum atomic E-state index is 12.8. The highest BCUT2D eigenvalue weighted by Gasteiger charge is 2.26. The maximum Gasteiger partial charge on any atom is 0.317 e. The van der Waals surface area contributed by atoms with E-state index >= 15 is 0 Å². The topological polar surface area (TPSA) is 52.7 Å². The molecule has 2 aliphatic heterocycles. The molecule has 1 aromatic rings. The van der Waals surface area contributed by atoms with Gasteiger partial charge >= 0.3 is 6.03 Å². The van der Waals surface area contributed by atoms with E-state index in [2.05, 4.69) is 18.3 Å². The van der Waals surface area contributed by atoms with Gasteiger partial charge in [0.15, 0.2) is 0 Å². The van der Waals surface area contributed by atoms with Crippen LogP contribution in [0.1, 0.15) is 54.4 Å². The summed E-state index contributed by atoms with van der Waals surface area (Å²) < 4.78 is 0. The van der Waals surface area contributed by atoms with Gasteiger partial charge in [0.2, 0.25) is 0 Å². The van der Waals surface area contributed by atoms with Gasteiger partial charge in [0.05, 0.1) is 0 Å². The van der Waals surface area contributed by atoms with Crippen molar-refractivity contribution in [2.45, 2.75) is 38.5 Å². The van der Waals surface area contributed by atoms with Gasteiger partial charge < -0.3 is 15.1 Å². The van der Waals surface area contributed by atoms with Crippen LogP contribution in [0, 0.1) is 5.92 Å². The molecule has 0 radical (unpaired) electrons. The normalized spacial score (nSPS) is 21.9. The third-order valence-corrected chi connectivity index (χ3v) is 5.60. The molecule has 0 aliphatic carbocycles. The van der Waals surface area contributed by atoms with Gasteiger partial charge in [-0.15, -0.1) is 0 Å². The Morgan fingerprint density at radius 1 is 1.08 bits per heavy atom. The summed E-state index contributed by atoms with van der Waals surface area (Å²) in [5, 5.41) is 2.71. The second-order valence-electron chi connectivity index (χ2n) is 7.44. The van der Waals surface area contributed by atoms with Crippen LogP contribution in [0.2, 0.25) is 0 Å². The molecule has 5 nitrogen and oxygen atoms in total. The fraction of sp³-hybridized carbons (Fsp3) is 0.600. The first-order valence-electron chi connectivity index (χ1n) is 9.44. The minimum Gasteiger partial charge on any atom is -0.341 e. The van der Waals surface area contributed by atoms with Crippen molar-refractivity contribution in [3.8, 4) is 0 Å². The molecule has 0 spiro atoms. The third-order valence-electron chi connectivity index (χ3n) is 5.60. The highest BCUT2D eigenvalue weighted by Crippen LogP contribution is 2.28. The largest absolute Gasteiger partial charge is 0.341 e. The lowest BCUT2D eigenvalue weighted by Crippen LogP contribution is -2.43. The minimum absolute atomic E-state index is 0.0145. The number of rotatable bonds is 2. The highest BCUT2D eigenvalue weighted by molar-refractivity contribution is 5.94. The molecule has 25 heavy (non-hydrogen) atoms. The number of amides is 3. The van der Waals surface area contributed by atoms with E-state index in [0.717, 1.165) is 57.4 Å². The Kier molecular flexibility index (Phi) is 5.61. The van der Waals surface area contributed by atoms with Crippen molar-refractivity contribution in [3.63, 3.8) is 0 Å². The quantitative estimate of drug-likeness (QED) is 0.897. The van der Waals surface area contributed by atoms with E-state index in [1.165, 1.54) is 5.56 Å². The summed E-state index contributed by atoms with van der Waals surface area (Å²) >= 11 is 0. The second-order valence-corrected chi connectivity index (χ2v) is 7.44. The number of carbonyl (C=O) groups excluding carboxylic acids is 2. The summed E-state index contributed by atoms with van der Waals surface area (Å²) in [6.07, 6.45) is 4.25. The Hall–Kier alpha value is -2.04. The molecule has 3 rings (SSSR count). The van der Waals surface area contributed by atoms with Crippen LogP contribution in [0.4, 0.5) is 4.79 Å². The van der Waals surface area contributed by atoms with Gasteiger partial charge in [-0.05, 0) is 49.3 Å². The van der Waals surface area contributed by atoms with Crippen molar-refractivity contribution in [1.82, 2.24) is 15.1 Å². The molecule has 1 aromatic carbocycles. The molecule has 0 aromatic heterocycles. The Bertz CT molecular complexity index is 623. The van der Waals surface area contributed by atoms with Gasteiger partial charge in [-0.1, -0.05) is 19.1 Å². The van der Waals surface area contributed by atoms with Crippen LogP contribution in [0.25, 0.3) is 0 Å². The van der Waals surface area contributed by atoms with Crippen LogP contribution in [0.3, 0.4) is 0 Å². The van der Waals surface area contributed by atoms with Gasteiger partial charge in [0, 0.05) is 44.7 Å². The van der Waals surface area contributed by atoms with Gasteiger partial charge in [-0.2, -0.15) is 0 Å². The summed E-state index contributed by atoms with van der Waals surface area (Å²) in [5.41, 5.74) is 1.95. The fourth-order valence-corrected chi connectivity index (χ4v) is 3.91. The zero-order chi connectivity index (χ0) is 17.8. The van der Waals surface area contributed by atoms with E-state index < -0.39 is 0 Å². The zero-order valence-corrected chi connectivity index (χ0v) is 15.3. The number of nitrogens with one attached hydrogen (secondary N) is 1. The molecular formula is C20H29N3O2. The standard InChI is InChI=1S/C20H29N3O2/c1-15-8-11-22(12-9-15)19(24)17-6-3-5-16(13-17)18-7-4-10-23(14-18)20(25)21-2/h3,5-6,13,15,18H,4,7-12,14H2,1-2H3,(H,21,25). The Balaban J connectivity index is 1.70. The van der Waals surface area contributed by atoms with Crippen molar-refractivity contribution in [2.24, 2.45) is 5.92 Å². The van der Waals surface area contributed by atoms with Gasteiger partial charge in [0.25, 0.3) is 5.91 Å². The fourth-order valence-electron chi connectivity index (χ4n) is 3.91. The number of benzene rings is 1. The lowest BCUT2D eigenvalue weighted by atomic mass is 9.89. The molecule has 2 saturated heterocycles. The number of likely N-dealkylation sites (tertiary alicyclic amines) is 2. The number of hydrogen-bond donors (Lipinski definition) is 1. The van der Waals surface area contributed by atoms with E-state index in [0.29, 0.717) is 11.8 Å². The lowest BCUT2D eigenvalue weighted by Gasteiger charge is -2.33. The van der Waals surface area contributed by atoms with Crippen LogP contribution < -0.4 is 5.32 Å². The third kappa shape index (κ3) is 4.14. The van der Waals surface area contributed by atoms with Crippen LogP contribution in [0.15, 0.2) is 24.3 Å². The summed E-state index contributed by atoms with van der Waals surface area (Å²) in [5.74, 6) is 1.17. The van der Waals surface area contributed by atoms with Crippen molar-refractivity contribution in [1.29, 1.82) is 0 Å². The number of hydrogen-bond acceptors (Lipinski definition) is 2. The first kappa shape index (κ1) is 17.8. The van der Waals surface area contributed by atoms with Crippen molar-refractivity contribution in [3.05, 3.63) is 35.4 Å². The van der Waals surface area contributed by atoms with Crippen molar-refractivity contribution < 1.29 is 9.59 Å². The first-order chi connectivity index (χ1) is 12.1. The number of piperidine rings is 2. The smallest absolute Gasteiger partial charge is 0.317 e. The zero-order valence-electron chi connectivity index (χ0n) is 15.3. The number of nitrogens with zero attached hydrogens (tertiary/aromatic N) is 2. The van der Waals surface area contributed by atoms with Crippen molar-refractivity contribution >= 4 is 11.9 Å². The molecule has 2 heterocycles. The Labute approximate surface area is 150 Å². The Morgan fingerprint density at radius 3 is 2.56 bits per heavy atom. The summed E-state index contributed by atoms with van der Waals surface area (Å²) in [6, 6.07) is 8.02. The Morgan fingerprint density at radius 2 is 1.84 bits per heavy atom.